The summed E-state index contributed by atoms with van der Waals surface area (Å²) in [6.07, 6.45) is 1.46. The molecular weight excluding hydrogens is 272 g/mol. The van der Waals surface area contributed by atoms with Crippen LogP contribution in [0.25, 0.3) is 0 Å². The Morgan fingerprint density at radius 3 is 2.86 bits per heavy atom. The fourth-order valence-corrected chi connectivity index (χ4v) is 1.88. The van der Waals surface area contributed by atoms with E-state index in [1.54, 1.807) is 24.3 Å². The van der Waals surface area contributed by atoms with Crippen molar-refractivity contribution in [3.05, 3.63) is 58.0 Å². The molecule has 1 heterocycles. The number of aromatic amines is 1. The first-order valence-corrected chi connectivity index (χ1v) is 6.51. The number of rotatable bonds is 5. The minimum absolute atomic E-state index is 0.0249. The van der Waals surface area contributed by atoms with Crippen LogP contribution in [-0.2, 0) is 6.61 Å². The molecule has 0 radical (unpaired) electrons. The largest absolute Gasteiger partial charge is 0.494 e. The molecule has 0 bridgehead atoms. The first kappa shape index (κ1) is 14.8. The number of aliphatic hydroxyl groups is 1. The molecule has 0 aliphatic rings. The summed E-state index contributed by atoms with van der Waals surface area (Å²) in [4.78, 5) is 26.0. The molecular formula is C15H16N2O4. The number of H-pyrrole nitrogens is 1. The number of aromatic nitrogens is 1. The van der Waals surface area contributed by atoms with Gasteiger partial charge in [-0.25, -0.2) is 0 Å². The summed E-state index contributed by atoms with van der Waals surface area (Å²) in [5.74, 6) is 0.0560. The molecule has 0 fully saturated rings. The Hall–Kier alpha value is -2.60. The number of carbonyl (C=O) groups is 1. The summed E-state index contributed by atoms with van der Waals surface area (Å²) in [6, 6.07) is 7.95. The number of hydrogen-bond acceptors (Lipinski definition) is 4. The molecule has 1 aromatic carbocycles. The summed E-state index contributed by atoms with van der Waals surface area (Å²) in [7, 11) is 0. The topological polar surface area (TPSA) is 91.4 Å². The van der Waals surface area contributed by atoms with Crippen LogP contribution >= 0.6 is 0 Å². The van der Waals surface area contributed by atoms with Crippen LogP contribution in [0.5, 0.6) is 5.75 Å². The van der Waals surface area contributed by atoms with Gasteiger partial charge in [0.15, 0.2) is 0 Å². The number of benzene rings is 1. The number of nitrogens with one attached hydrogen (secondary N) is 2. The van der Waals surface area contributed by atoms with Crippen LogP contribution in [0.3, 0.4) is 0 Å². The zero-order chi connectivity index (χ0) is 15.2. The highest BCUT2D eigenvalue weighted by atomic mass is 16.5. The van der Waals surface area contributed by atoms with E-state index in [9.17, 15) is 14.7 Å². The Morgan fingerprint density at radius 2 is 2.19 bits per heavy atom. The summed E-state index contributed by atoms with van der Waals surface area (Å²) in [6.45, 7) is 2.13. The quantitative estimate of drug-likeness (QED) is 0.778. The lowest BCUT2D eigenvalue weighted by atomic mass is 10.1. The van der Waals surface area contributed by atoms with Gasteiger partial charge in [0, 0.05) is 17.4 Å². The molecule has 0 aliphatic carbocycles. The van der Waals surface area contributed by atoms with E-state index >= 15 is 0 Å². The number of pyridine rings is 1. The molecule has 110 valence electrons. The minimum Gasteiger partial charge on any atom is -0.494 e. The Balaban J connectivity index is 2.22. The van der Waals surface area contributed by atoms with E-state index < -0.39 is 11.5 Å². The van der Waals surface area contributed by atoms with Gasteiger partial charge in [0.1, 0.15) is 11.3 Å². The van der Waals surface area contributed by atoms with Crippen LogP contribution in [0.15, 0.2) is 41.3 Å². The highest BCUT2D eigenvalue weighted by Gasteiger charge is 2.11. The van der Waals surface area contributed by atoms with Gasteiger partial charge in [-0.2, -0.15) is 0 Å². The zero-order valence-electron chi connectivity index (χ0n) is 11.6. The van der Waals surface area contributed by atoms with Crippen molar-refractivity contribution in [3.8, 4) is 5.75 Å². The second-order valence-corrected chi connectivity index (χ2v) is 4.28. The molecule has 1 amide bonds. The Labute approximate surface area is 121 Å². The molecule has 0 spiro atoms. The van der Waals surface area contributed by atoms with E-state index in [2.05, 4.69) is 10.3 Å². The third-order valence-electron chi connectivity index (χ3n) is 2.85. The molecule has 2 aromatic rings. The summed E-state index contributed by atoms with van der Waals surface area (Å²) < 4.78 is 5.36. The maximum atomic E-state index is 12.0. The van der Waals surface area contributed by atoms with E-state index in [0.717, 1.165) is 0 Å². The van der Waals surface area contributed by atoms with Crippen molar-refractivity contribution in [1.82, 2.24) is 4.98 Å². The van der Waals surface area contributed by atoms with Gasteiger partial charge >= 0.3 is 0 Å². The summed E-state index contributed by atoms with van der Waals surface area (Å²) in [5.41, 5.74) is 0.618. The second-order valence-electron chi connectivity index (χ2n) is 4.28. The van der Waals surface area contributed by atoms with Crippen molar-refractivity contribution < 1.29 is 14.6 Å². The van der Waals surface area contributed by atoms with Gasteiger partial charge in [-0.1, -0.05) is 0 Å². The van der Waals surface area contributed by atoms with E-state index in [-0.39, 0.29) is 12.2 Å². The molecule has 0 unspecified atom stereocenters. The number of ether oxygens (including phenoxy) is 1. The maximum absolute atomic E-state index is 12.0. The zero-order valence-corrected chi connectivity index (χ0v) is 11.6. The highest BCUT2D eigenvalue weighted by molar-refractivity contribution is 6.04. The predicted octanol–water partition coefficient (Wildman–Crippen LogP) is 1.52. The molecule has 2 rings (SSSR count). The Bertz CT molecular complexity index is 694. The lowest BCUT2D eigenvalue weighted by molar-refractivity contribution is 0.102. The fraction of sp³-hybridized carbons (Fsp3) is 0.200. The van der Waals surface area contributed by atoms with Crippen LogP contribution in [0.4, 0.5) is 5.69 Å². The number of carbonyl (C=O) groups excluding carboxylic acids is 1. The van der Waals surface area contributed by atoms with Gasteiger partial charge < -0.3 is 20.1 Å². The molecule has 0 saturated carbocycles. The van der Waals surface area contributed by atoms with Gasteiger partial charge in [-0.3, -0.25) is 9.59 Å². The van der Waals surface area contributed by atoms with Crippen molar-refractivity contribution in [2.24, 2.45) is 0 Å². The standard InChI is InChI=1S/C15H16N2O4/c1-2-21-13-6-5-11(8-10(13)9-18)17-15(20)12-4-3-7-16-14(12)19/h3-8,18H,2,9H2,1H3,(H,16,19)(H,17,20). The molecule has 1 aromatic heterocycles. The van der Waals surface area contributed by atoms with Crippen LogP contribution in [0.1, 0.15) is 22.8 Å². The molecule has 21 heavy (non-hydrogen) atoms. The van der Waals surface area contributed by atoms with Crippen LogP contribution in [0, 0.1) is 0 Å². The molecule has 0 aliphatic heterocycles. The van der Waals surface area contributed by atoms with Crippen LogP contribution in [0.2, 0.25) is 0 Å². The minimum atomic E-state index is -0.509. The lowest BCUT2D eigenvalue weighted by Crippen LogP contribution is -2.22. The van der Waals surface area contributed by atoms with Gasteiger partial charge in [-0.05, 0) is 37.3 Å². The number of hydrogen-bond donors (Lipinski definition) is 3. The number of aliphatic hydroxyl groups excluding tert-OH is 1. The molecule has 6 nitrogen and oxygen atoms in total. The first-order valence-electron chi connectivity index (χ1n) is 6.51. The predicted molar refractivity (Wildman–Crippen MR) is 78.5 cm³/mol. The van der Waals surface area contributed by atoms with Crippen LogP contribution in [-0.4, -0.2) is 22.6 Å². The Morgan fingerprint density at radius 1 is 1.38 bits per heavy atom. The fourth-order valence-electron chi connectivity index (χ4n) is 1.88. The van der Waals surface area contributed by atoms with Crippen LogP contribution < -0.4 is 15.6 Å². The van der Waals surface area contributed by atoms with Crippen molar-refractivity contribution in [1.29, 1.82) is 0 Å². The molecule has 0 saturated heterocycles. The third kappa shape index (κ3) is 3.49. The van der Waals surface area contributed by atoms with Gasteiger partial charge in [0.2, 0.25) is 0 Å². The SMILES string of the molecule is CCOc1ccc(NC(=O)c2ccc[nH]c2=O)cc1CO. The average Bonchev–Trinajstić information content (AvgIpc) is 2.49. The summed E-state index contributed by atoms with van der Waals surface area (Å²) in [5, 5.41) is 11.9. The van der Waals surface area contributed by atoms with E-state index in [4.69, 9.17) is 4.74 Å². The van der Waals surface area contributed by atoms with Crippen molar-refractivity contribution in [2.45, 2.75) is 13.5 Å². The van der Waals surface area contributed by atoms with E-state index in [1.807, 2.05) is 6.92 Å². The molecule has 3 N–H and O–H groups in total. The van der Waals surface area contributed by atoms with Gasteiger partial charge in [0.25, 0.3) is 11.5 Å². The average molecular weight is 288 g/mol. The van der Waals surface area contributed by atoms with Crippen molar-refractivity contribution in [2.75, 3.05) is 11.9 Å². The van der Waals surface area contributed by atoms with Crippen molar-refractivity contribution in [3.63, 3.8) is 0 Å². The number of anilines is 1. The van der Waals surface area contributed by atoms with E-state index in [1.165, 1.54) is 12.3 Å². The second kappa shape index (κ2) is 6.71. The third-order valence-corrected chi connectivity index (χ3v) is 2.85. The first-order chi connectivity index (χ1) is 10.2. The maximum Gasteiger partial charge on any atom is 0.261 e. The molecule has 0 atom stereocenters. The smallest absolute Gasteiger partial charge is 0.261 e. The monoisotopic (exact) mass is 288 g/mol. The van der Waals surface area contributed by atoms with E-state index in [0.29, 0.717) is 23.6 Å². The van der Waals surface area contributed by atoms with Crippen molar-refractivity contribution >= 4 is 11.6 Å². The normalized spacial score (nSPS) is 10.2. The number of amides is 1. The summed E-state index contributed by atoms with van der Waals surface area (Å²) >= 11 is 0. The molecule has 6 heteroatoms. The lowest BCUT2D eigenvalue weighted by Gasteiger charge is -2.11. The van der Waals surface area contributed by atoms with Gasteiger partial charge in [-0.15, -0.1) is 0 Å². The Kier molecular flexibility index (Phi) is 4.73. The highest BCUT2D eigenvalue weighted by Crippen LogP contribution is 2.23. The van der Waals surface area contributed by atoms with Gasteiger partial charge in [0.05, 0.1) is 13.2 Å².